The molecule has 0 aliphatic heterocycles. The number of hydrogen-bond donors (Lipinski definition) is 2. The zero-order valence-electron chi connectivity index (χ0n) is 12.8. The SMILES string of the molecule is CCOC(=O)CN(C(=O)NC1CCCC1C(=O)O)C(C)C. The molecule has 0 aromatic carbocycles. The van der Waals surface area contributed by atoms with Gasteiger partial charge >= 0.3 is 18.0 Å². The Bertz CT molecular complexity index is 397. The van der Waals surface area contributed by atoms with Crippen molar-refractivity contribution in [3.05, 3.63) is 0 Å². The third-order valence-electron chi connectivity index (χ3n) is 3.63. The molecular weight excluding hydrogens is 276 g/mol. The summed E-state index contributed by atoms with van der Waals surface area (Å²) in [5.74, 6) is -1.91. The first kappa shape index (κ1) is 17.3. The Labute approximate surface area is 124 Å². The fourth-order valence-electron chi connectivity index (χ4n) is 2.50. The van der Waals surface area contributed by atoms with E-state index >= 15 is 0 Å². The van der Waals surface area contributed by atoms with Crippen LogP contribution in [0.1, 0.15) is 40.0 Å². The van der Waals surface area contributed by atoms with Crippen LogP contribution in [0.15, 0.2) is 0 Å². The second kappa shape index (κ2) is 7.85. The van der Waals surface area contributed by atoms with Crippen LogP contribution in [0.4, 0.5) is 4.79 Å². The van der Waals surface area contributed by atoms with Gasteiger partial charge in [0.25, 0.3) is 0 Å². The highest BCUT2D eigenvalue weighted by Gasteiger charge is 2.35. The Hall–Kier alpha value is -1.79. The minimum Gasteiger partial charge on any atom is -0.481 e. The number of hydrogen-bond acceptors (Lipinski definition) is 4. The number of ether oxygens (including phenoxy) is 1. The molecule has 0 radical (unpaired) electrons. The second-order valence-corrected chi connectivity index (χ2v) is 5.46. The first-order valence-corrected chi connectivity index (χ1v) is 7.32. The Kier molecular flexibility index (Phi) is 6.45. The van der Waals surface area contributed by atoms with Crippen molar-refractivity contribution >= 4 is 18.0 Å². The molecule has 2 atom stereocenters. The highest BCUT2D eigenvalue weighted by atomic mass is 16.5. The Morgan fingerprint density at radius 1 is 1.33 bits per heavy atom. The number of carboxylic acid groups (broad SMARTS) is 1. The molecule has 0 heterocycles. The molecule has 1 aliphatic rings. The van der Waals surface area contributed by atoms with Gasteiger partial charge < -0.3 is 20.1 Å². The maximum Gasteiger partial charge on any atom is 0.325 e. The van der Waals surface area contributed by atoms with Crippen LogP contribution in [0.5, 0.6) is 0 Å². The second-order valence-electron chi connectivity index (χ2n) is 5.46. The summed E-state index contributed by atoms with van der Waals surface area (Å²) >= 11 is 0. The van der Waals surface area contributed by atoms with Gasteiger partial charge in [-0.3, -0.25) is 9.59 Å². The van der Waals surface area contributed by atoms with Crippen molar-refractivity contribution < 1.29 is 24.2 Å². The number of amides is 2. The van der Waals surface area contributed by atoms with E-state index in [0.29, 0.717) is 12.8 Å². The fraction of sp³-hybridized carbons (Fsp3) is 0.786. The predicted octanol–water partition coefficient (Wildman–Crippen LogP) is 1.22. The molecule has 0 aromatic heterocycles. The summed E-state index contributed by atoms with van der Waals surface area (Å²) in [5, 5.41) is 11.9. The van der Waals surface area contributed by atoms with Crippen LogP contribution in [0.25, 0.3) is 0 Å². The number of nitrogens with zero attached hydrogens (tertiary/aromatic N) is 1. The van der Waals surface area contributed by atoms with E-state index in [0.717, 1.165) is 6.42 Å². The van der Waals surface area contributed by atoms with E-state index in [2.05, 4.69) is 5.32 Å². The third-order valence-corrected chi connectivity index (χ3v) is 3.63. The molecule has 7 heteroatoms. The van der Waals surface area contributed by atoms with E-state index in [9.17, 15) is 14.4 Å². The van der Waals surface area contributed by atoms with Crippen molar-refractivity contribution in [2.24, 2.45) is 5.92 Å². The van der Waals surface area contributed by atoms with Crippen LogP contribution in [-0.4, -0.2) is 53.2 Å². The summed E-state index contributed by atoms with van der Waals surface area (Å²) in [6.07, 6.45) is 2.00. The van der Waals surface area contributed by atoms with Gasteiger partial charge in [-0.2, -0.15) is 0 Å². The smallest absolute Gasteiger partial charge is 0.325 e. The lowest BCUT2D eigenvalue weighted by Crippen LogP contribution is -2.51. The molecule has 7 nitrogen and oxygen atoms in total. The lowest BCUT2D eigenvalue weighted by molar-refractivity contribution is -0.144. The van der Waals surface area contributed by atoms with Gasteiger partial charge in [-0.15, -0.1) is 0 Å². The Morgan fingerprint density at radius 3 is 2.52 bits per heavy atom. The molecule has 0 bridgehead atoms. The molecule has 1 aliphatic carbocycles. The molecule has 0 spiro atoms. The number of carboxylic acids is 1. The average Bonchev–Trinajstić information content (AvgIpc) is 2.84. The lowest BCUT2D eigenvalue weighted by atomic mass is 10.0. The number of nitrogens with one attached hydrogen (secondary N) is 1. The number of aliphatic carboxylic acids is 1. The highest BCUT2D eigenvalue weighted by Crippen LogP contribution is 2.26. The molecule has 2 amide bonds. The van der Waals surface area contributed by atoms with Crippen molar-refractivity contribution in [1.29, 1.82) is 0 Å². The van der Waals surface area contributed by atoms with Crippen LogP contribution >= 0.6 is 0 Å². The summed E-state index contributed by atoms with van der Waals surface area (Å²) in [7, 11) is 0. The number of esters is 1. The molecule has 1 rings (SSSR count). The topological polar surface area (TPSA) is 95.9 Å². The van der Waals surface area contributed by atoms with E-state index in [1.165, 1.54) is 4.90 Å². The van der Waals surface area contributed by atoms with Crippen molar-refractivity contribution in [1.82, 2.24) is 10.2 Å². The van der Waals surface area contributed by atoms with Crippen molar-refractivity contribution in [3.63, 3.8) is 0 Å². The summed E-state index contributed by atoms with van der Waals surface area (Å²) < 4.78 is 4.85. The van der Waals surface area contributed by atoms with Gasteiger partial charge in [0.2, 0.25) is 0 Å². The van der Waals surface area contributed by atoms with E-state index in [1.807, 2.05) is 0 Å². The van der Waals surface area contributed by atoms with Crippen LogP contribution < -0.4 is 5.32 Å². The largest absolute Gasteiger partial charge is 0.481 e. The highest BCUT2D eigenvalue weighted by molar-refractivity contribution is 5.82. The number of carbonyl (C=O) groups excluding carboxylic acids is 2. The average molecular weight is 300 g/mol. The van der Waals surface area contributed by atoms with E-state index in [4.69, 9.17) is 9.84 Å². The number of rotatable bonds is 6. The minimum absolute atomic E-state index is 0.137. The first-order valence-electron chi connectivity index (χ1n) is 7.32. The maximum atomic E-state index is 12.3. The van der Waals surface area contributed by atoms with Gasteiger partial charge in [-0.25, -0.2) is 4.79 Å². The normalized spacial score (nSPS) is 21.1. The zero-order valence-corrected chi connectivity index (χ0v) is 12.8. The van der Waals surface area contributed by atoms with Crippen LogP contribution in [0, 0.1) is 5.92 Å². The zero-order chi connectivity index (χ0) is 16.0. The van der Waals surface area contributed by atoms with E-state index in [1.54, 1.807) is 20.8 Å². The van der Waals surface area contributed by atoms with Crippen molar-refractivity contribution in [2.75, 3.05) is 13.2 Å². The standard InChI is InChI=1S/C14H24N2O5/c1-4-21-12(17)8-16(9(2)3)14(20)15-11-7-5-6-10(11)13(18)19/h9-11H,4-8H2,1-3H3,(H,15,20)(H,18,19). The monoisotopic (exact) mass is 300 g/mol. The minimum atomic E-state index is -0.890. The molecule has 120 valence electrons. The third kappa shape index (κ3) is 4.91. The van der Waals surface area contributed by atoms with E-state index in [-0.39, 0.29) is 25.2 Å². The summed E-state index contributed by atoms with van der Waals surface area (Å²) in [4.78, 5) is 36.3. The Morgan fingerprint density at radius 2 is 2.00 bits per heavy atom. The van der Waals surface area contributed by atoms with Gasteiger partial charge in [0.05, 0.1) is 12.5 Å². The molecule has 0 saturated heterocycles. The molecule has 0 aromatic rings. The van der Waals surface area contributed by atoms with Gasteiger partial charge in [0.15, 0.2) is 0 Å². The summed E-state index contributed by atoms with van der Waals surface area (Å²) in [6.45, 7) is 5.41. The molecule has 2 N–H and O–H groups in total. The summed E-state index contributed by atoms with van der Waals surface area (Å²) in [6, 6.07) is -0.978. The molecular formula is C14H24N2O5. The number of urea groups is 1. The molecule has 1 saturated carbocycles. The van der Waals surface area contributed by atoms with Gasteiger partial charge in [-0.05, 0) is 33.6 Å². The molecule has 21 heavy (non-hydrogen) atoms. The van der Waals surface area contributed by atoms with E-state index < -0.39 is 23.9 Å². The summed E-state index contributed by atoms with van der Waals surface area (Å²) in [5.41, 5.74) is 0. The lowest BCUT2D eigenvalue weighted by Gasteiger charge is -2.28. The van der Waals surface area contributed by atoms with Crippen LogP contribution in [-0.2, 0) is 14.3 Å². The van der Waals surface area contributed by atoms with Crippen LogP contribution in [0.2, 0.25) is 0 Å². The maximum absolute atomic E-state index is 12.3. The van der Waals surface area contributed by atoms with Gasteiger partial charge in [0.1, 0.15) is 6.54 Å². The predicted molar refractivity (Wildman–Crippen MR) is 75.8 cm³/mol. The first-order chi connectivity index (χ1) is 9.86. The fourth-order valence-corrected chi connectivity index (χ4v) is 2.50. The molecule has 1 fully saturated rings. The molecule has 2 unspecified atom stereocenters. The van der Waals surface area contributed by atoms with Crippen LogP contribution in [0.3, 0.4) is 0 Å². The Balaban J connectivity index is 2.64. The van der Waals surface area contributed by atoms with Gasteiger partial charge in [-0.1, -0.05) is 6.42 Å². The van der Waals surface area contributed by atoms with Crippen molar-refractivity contribution in [3.8, 4) is 0 Å². The quantitative estimate of drug-likeness (QED) is 0.719. The van der Waals surface area contributed by atoms with Gasteiger partial charge in [0, 0.05) is 12.1 Å². The number of carbonyl (C=O) groups is 3. The van der Waals surface area contributed by atoms with Crippen molar-refractivity contribution in [2.45, 2.75) is 52.1 Å².